The maximum atomic E-state index is 3.93. The van der Waals surface area contributed by atoms with Crippen LogP contribution in [0.4, 0.5) is 0 Å². The van der Waals surface area contributed by atoms with Gasteiger partial charge in [0.1, 0.15) is 0 Å². The van der Waals surface area contributed by atoms with Crippen molar-refractivity contribution in [3.8, 4) is 0 Å². The van der Waals surface area contributed by atoms with E-state index in [0.717, 1.165) is 29.8 Å². The van der Waals surface area contributed by atoms with Crippen molar-refractivity contribution in [2.24, 2.45) is 17.8 Å². The van der Waals surface area contributed by atoms with Crippen molar-refractivity contribution >= 4 is 0 Å². The van der Waals surface area contributed by atoms with Crippen LogP contribution in [0.5, 0.6) is 0 Å². The fourth-order valence-corrected chi connectivity index (χ4v) is 4.69. The molecule has 1 heterocycles. The van der Waals surface area contributed by atoms with E-state index in [2.05, 4.69) is 24.1 Å². The van der Waals surface area contributed by atoms with Gasteiger partial charge in [0.2, 0.25) is 0 Å². The summed E-state index contributed by atoms with van der Waals surface area (Å²) in [5.41, 5.74) is 0. The summed E-state index contributed by atoms with van der Waals surface area (Å²) in [6.07, 6.45) is 11.6. The fraction of sp³-hybridized carbons (Fsp3) is 1.00. The van der Waals surface area contributed by atoms with E-state index in [4.69, 9.17) is 0 Å². The molecule has 1 N–H and O–H groups in total. The van der Waals surface area contributed by atoms with Gasteiger partial charge in [-0.25, -0.2) is 0 Å². The standard InChI is InChI=1S/C18H34N2/c1-3-15-10-17(19-11-16-6-4-5-7-16)13-20(12-15)18-9-8-14(18)2/h14-19H,3-13H2,1-2H3. The van der Waals surface area contributed by atoms with Crippen molar-refractivity contribution in [2.75, 3.05) is 19.6 Å². The van der Waals surface area contributed by atoms with E-state index in [1.54, 1.807) is 0 Å². The summed E-state index contributed by atoms with van der Waals surface area (Å²) >= 11 is 0. The molecule has 1 saturated heterocycles. The lowest BCUT2D eigenvalue weighted by atomic mass is 9.78. The highest BCUT2D eigenvalue weighted by molar-refractivity contribution is 4.92. The van der Waals surface area contributed by atoms with Gasteiger partial charge in [-0.2, -0.15) is 0 Å². The van der Waals surface area contributed by atoms with Gasteiger partial charge >= 0.3 is 0 Å². The van der Waals surface area contributed by atoms with Gasteiger partial charge in [-0.15, -0.1) is 0 Å². The average Bonchev–Trinajstić information content (AvgIpc) is 2.96. The third kappa shape index (κ3) is 3.39. The number of likely N-dealkylation sites (tertiary alicyclic amines) is 1. The van der Waals surface area contributed by atoms with Gasteiger partial charge in [0.15, 0.2) is 0 Å². The largest absolute Gasteiger partial charge is 0.312 e. The molecular formula is C18H34N2. The molecule has 0 radical (unpaired) electrons. The first-order valence-electron chi connectivity index (χ1n) is 9.23. The molecule has 3 aliphatic rings. The number of hydrogen-bond acceptors (Lipinski definition) is 2. The van der Waals surface area contributed by atoms with Crippen LogP contribution in [0.15, 0.2) is 0 Å². The molecule has 0 aromatic carbocycles. The summed E-state index contributed by atoms with van der Waals surface area (Å²) in [7, 11) is 0. The smallest absolute Gasteiger partial charge is 0.0198 e. The summed E-state index contributed by atoms with van der Waals surface area (Å²) in [5.74, 6) is 2.85. The molecule has 2 heteroatoms. The summed E-state index contributed by atoms with van der Waals surface area (Å²) in [5, 5.41) is 3.93. The van der Waals surface area contributed by atoms with Gasteiger partial charge in [-0.05, 0) is 56.4 Å². The Hall–Kier alpha value is -0.0800. The minimum absolute atomic E-state index is 0.766. The average molecular weight is 278 g/mol. The minimum atomic E-state index is 0.766. The molecule has 4 unspecified atom stereocenters. The van der Waals surface area contributed by atoms with E-state index in [1.165, 1.54) is 71.0 Å². The molecule has 20 heavy (non-hydrogen) atoms. The Kier molecular flexibility index (Phi) is 5.04. The summed E-state index contributed by atoms with van der Waals surface area (Å²) < 4.78 is 0. The van der Waals surface area contributed by atoms with Crippen LogP contribution >= 0.6 is 0 Å². The Bertz CT molecular complexity index is 298. The lowest BCUT2D eigenvalue weighted by molar-refractivity contribution is 0.0216. The molecule has 3 fully saturated rings. The lowest BCUT2D eigenvalue weighted by Crippen LogP contribution is -2.56. The highest BCUT2D eigenvalue weighted by Gasteiger charge is 2.37. The van der Waals surface area contributed by atoms with E-state index in [-0.39, 0.29) is 0 Å². The molecule has 0 aromatic heterocycles. The van der Waals surface area contributed by atoms with Crippen LogP contribution in [0.1, 0.15) is 65.2 Å². The molecule has 0 spiro atoms. The fourth-order valence-electron chi connectivity index (χ4n) is 4.69. The van der Waals surface area contributed by atoms with Gasteiger partial charge < -0.3 is 5.32 Å². The predicted molar refractivity (Wildman–Crippen MR) is 85.9 cm³/mol. The van der Waals surface area contributed by atoms with Crippen LogP contribution in [0.3, 0.4) is 0 Å². The number of nitrogens with zero attached hydrogens (tertiary/aromatic N) is 1. The second-order valence-electron chi connectivity index (χ2n) is 7.84. The van der Waals surface area contributed by atoms with Crippen LogP contribution in [0.25, 0.3) is 0 Å². The van der Waals surface area contributed by atoms with Crippen LogP contribution < -0.4 is 5.32 Å². The van der Waals surface area contributed by atoms with Crippen molar-refractivity contribution in [1.29, 1.82) is 0 Å². The Morgan fingerprint density at radius 3 is 2.40 bits per heavy atom. The molecule has 2 saturated carbocycles. The molecule has 0 bridgehead atoms. The molecule has 3 rings (SSSR count). The van der Waals surface area contributed by atoms with Gasteiger partial charge in [0.05, 0.1) is 0 Å². The molecule has 2 nitrogen and oxygen atoms in total. The maximum Gasteiger partial charge on any atom is 0.0198 e. The highest BCUT2D eigenvalue weighted by atomic mass is 15.2. The zero-order valence-corrected chi connectivity index (χ0v) is 13.6. The van der Waals surface area contributed by atoms with E-state index in [1.807, 2.05) is 0 Å². The molecule has 116 valence electrons. The van der Waals surface area contributed by atoms with Crippen LogP contribution in [-0.2, 0) is 0 Å². The quantitative estimate of drug-likeness (QED) is 0.825. The van der Waals surface area contributed by atoms with Crippen LogP contribution in [-0.4, -0.2) is 36.6 Å². The van der Waals surface area contributed by atoms with Crippen LogP contribution in [0, 0.1) is 17.8 Å². The molecule has 0 aromatic rings. The zero-order valence-electron chi connectivity index (χ0n) is 13.6. The molecule has 4 atom stereocenters. The second kappa shape index (κ2) is 6.79. The van der Waals surface area contributed by atoms with E-state index >= 15 is 0 Å². The van der Waals surface area contributed by atoms with Gasteiger partial charge in [0, 0.05) is 25.2 Å². The van der Waals surface area contributed by atoms with Crippen molar-refractivity contribution in [3.63, 3.8) is 0 Å². The minimum Gasteiger partial charge on any atom is -0.312 e. The Labute approximate surface area is 125 Å². The second-order valence-corrected chi connectivity index (χ2v) is 7.84. The van der Waals surface area contributed by atoms with Crippen molar-refractivity contribution < 1.29 is 0 Å². The first kappa shape index (κ1) is 14.8. The van der Waals surface area contributed by atoms with Gasteiger partial charge in [-0.1, -0.05) is 33.1 Å². The number of rotatable bonds is 5. The number of nitrogens with one attached hydrogen (secondary N) is 1. The number of piperidine rings is 1. The third-order valence-electron chi connectivity index (χ3n) is 6.36. The van der Waals surface area contributed by atoms with E-state index in [9.17, 15) is 0 Å². The Morgan fingerprint density at radius 2 is 1.80 bits per heavy atom. The first-order valence-corrected chi connectivity index (χ1v) is 9.23. The topological polar surface area (TPSA) is 15.3 Å². The maximum absolute atomic E-state index is 3.93. The molecule has 1 aliphatic heterocycles. The number of hydrogen-bond donors (Lipinski definition) is 1. The Morgan fingerprint density at radius 1 is 1.00 bits per heavy atom. The van der Waals surface area contributed by atoms with Gasteiger partial charge in [0.25, 0.3) is 0 Å². The van der Waals surface area contributed by atoms with E-state index in [0.29, 0.717) is 0 Å². The van der Waals surface area contributed by atoms with Gasteiger partial charge in [-0.3, -0.25) is 4.90 Å². The summed E-state index contributed by atoms with van der Waals surface area (Å²) in [6.45, 7) is 8.80. The predicted octanol–water partition coefficient (Wildman–Crippen LogP) is 3.67. The normalized spacial score (nSPS) is 39.9. The van der Waals surface area contributed by atoms with Crippen LogP contribution in [0.2, 0.25) is 0 Å². The SMILES string of the molecule is CCC1CC(NCC2CCCC2)CN(C2CCC2C)C1. The zero-order chi connectivity index (χ0) is 13.9. The monoisotopic (exact) mass is 278 g/mol. The first-order chi connectivity index (χ1) is 9.76. The van der Waals surface area contributed by atoms with Crippen molar-refractivity contribution in [1.82, 2.24) is 10.2 Å². The highest BCUT2D eigenvalue weighted by Crippen LogP contribution is 2.35. The summed E-state index contributed by atoms with van der Waals surface area (Å²) in [6, 6.07) is 1.67. The molecular weight excluding hydrogens is 244 g/mol. The van der Waals surface area contributed by atoms with E-state index < -0.39 is 0 Å². The lowest BCUT2D eigenvalue weighted by Gasteiger charge is -2.48. The Balaban J connectivity index is 1.50. The van der Waals surface area contributed by atoms with Crippen molar-refractivity contribution in [2.45, 2.75) is 77.3 Å². The molecule has 0 amide bonds. The summed E-state index contributed by atoms with van der Waals surface area (Å²) in [4.78, 5) is 2.83. The van der Waals surface area contributed by atoms with Crippen molar-refractivity contribution in [3.05, 3.63) is 0 Å². The molecule has 2 aliphatic carbocycles. The third-order valence-corrected chi connectivity index (χ3v) is 6.36.